The number of carbonyl (C=O) groups excluding carboxylic acids is 1. The lowest BCUT2D eigenvalue weighted by molar-refractivity contribution is 0.102. The van der Waals surface area contributed by atoms with Crippen LogP contribution in [0.5, 0.6) is 17.4 Å². The van der Waals surface area contributed by atoms with Gasteiger partial charge in [0.1, 0.15) is 29.0 Å². The SMILES string of the molecule is CCCCOc1ccc(C(=O)Nc2ccc(Oc3cc(-n4ccnc4C)nc(C)n3)cc2)cc1. The van der Waals surface area contributed by atoms with E-state index in [1.807, 2.05) is 36.7 Å². The topological polar surface area (TPSA) is 91.2 Å². The molecule has 0 spiro atoms. The molecule has 0 radical (unpaired) electrons. The number of nitrogens with zero attached hydrogens (tertiary/aromatic N) is 4. The van der Waals surface area contributed by atoms with Crippen LogP contribution in [0.15, 0.2) is 67.0 Å². The number of rotatable bonds is 9. The third-order valence-electron chi connectivity index (χ3n) is 5.09. The lowest BCUT2D eigenvalue weighted by Crippen LogP contribution is -2.11. The molecule has 2 aromatic carbocycles. The van der Waals surface area contributed by atoms with Gasteiger partial charge < -0.3 is 14.8 Å². The number of aromatic nitrogens is 4. The fraction of sp³-hybridized carbons (Fsp3) is 0.231. The minimum Gasteiger partial charge on any atom is -0.494 e. The largest absolute Gasteiger partial charge is 0.494 e. The maximum atomic E-state index is 12.6. The summed E-state index contributed by atoms with van der Waals surface area (Å²) in [6, 6.07) is 16.0. The number of unbranched alkanes of at least 4 members (excludes halogenated alkanes) is 1. The van der Waals surface area contributed by atoms with E-state index in [0.717, 1.165) is 24.4 Å². The van der Waals surface area contributed by atoms with Gasteiger partial charge in [-0.1, -0.05) is 13.3 Å². The first-order valence-corrected chi connectivity index (χ1v) is 11.2. The van der Waals surface area contributed by atoms with Gasteiger partial charge in [-0.25, -0.2) is 9.97 Å². The molecule has 0 aliphatic rings. The van der Waals surface area contributed by atoms with Gasteiger partial charge in [-0.2, -0.15) is 4.98 Å². The van der Waals surface area contributed by atoms with E-state index in [1.165, 1.54) is 0 Å². The van der Waals surface area contributed by atoms with Crippen LogP contribution in [0.3, 0.4) is 0 Å². The zero-order valence-electron chi connectivity index (χ0n) is 19.5. The zero-order chi connectivity index (χ0) is 23.9. The van der Waals surface area contributed by atoms with Gasteiger partial charge in [0.15, 0.2) is 0 Å². The van der Waals surface area contributed by atoms with Crippen molar-refractivity contribution in [2.45, 2.75) is 33.6 Å². The molecule has 2 heterocycles. The molecule has 0 fully saturated rings. The summed E-state index contributed by atoms with van der Waals surface area (Å²) in [5.74, 6) is 3.68. The average Bonchev–Trinajstić information content (AvgIpc) is 3.26. The first-order valence-electron chi connectivity index (χ1n) is 11.2. The van der Waals surface area contributed by atoms with E-state index in [9.17, 15) is 4.79 Å². The monoisotopic (exact) mass is 457 g/mol. The van der Waals surface area contributed by atoms with E-state index in [1.54, 1.807) is 48.7 Å². The van der Waals surface area contributed by atoms with Crippen LogP contribution in [0.2, 0.25) is 0 Å². The second-order valence-electron chi connectivity index (χ2n) is 7.76. The number of hydrogen-bond donors (Lipinski definition) is 1. The molecule has 0 unspecified atom stereocenters. The van der Waals surface area contributed by atoms with Crippen LogP contribution in [0.25, 0.3) is 5.82 Å². The number of anilines is 1. The minimum absolute atomic E-state index is 0.194. The second-order valence-corrected chi connectivity index (χ2v) is 7.76. The van der Waals surface area contributed by atoms with E-state index in [0.29, 0.717) is 41.1 Å². The highest BCUT2D eigenvalue weighted by molar-refractivity contribution is 6.04. The lowest BCUT2D eigenvalue weighted by atomic mass is 10.2. The molecule has 8 nitrogen and oxygen atoms in total. The first-order chi connectivity index (χ1) is 16.5. The van der Waals surface area contributed by atoms with Crippen molar-refractivity contribution in [3.63, 3.8) is 0 Å². The molecule has 4 aromatic rings. The Kier molecular flexibility index (Phi) is 7.17. The fourth-order valence-electron chi connectivity index (χ4n) is 3.29. The summed E-state index contributed by atoms with van der Waals surface area (Å²) in [5.41, 5.74) is 1.22. The molecule has 0 bridgehead atoms. The second kappa shape index (κ2) is 10.6. The summed E-state index contributed by atoms with van der Waals surface area (Å²) in [4.78, 5) is 25.6. The Morgan fingerprint density at radius 3 is 2.41 bits per heavy atom. The Labute approximate surface area is 198 Å². The summed E-state index contributed by atoms with van der Waals surface area (Å²) in [5, 5.41) is 2.89. The minimum atomic E-state index is -0.194. The molecule has 2 aromatic heterocycles. The van der Waals surface area contributed by atoms with Gasteiger partial charge in [-0.3, -0.25) is 9.36 Å². The lowest BCUT2D eigenvalue weighted by Gasteiger charge is -2.10. The van der Waals surface area contributed by atoms with Crippen LogP contribution in [-0.4, -0.2) is 32.0 Å². The molecule has 0 saturated carbocycles. The van der Waals surface area contributed by atoms with Crippen molar-refractivity contribution in [2.75, 3.05) is 11.9 Å². The van der Waals surface area contributed by atoms with Crippen LogP contribution in [0, 0.1) is 13.8 Å². The summed E-state index contributed by atoms with van der Waals surface area (Å²) in [6.07, 6.45) is 5.64. The van der Waals surface area contributed by atoms with Crippen LogP contribution in [-0.2, 0) is 0 Å². The molecule has 0 atom stereocenters. The van der Waals surface area contributed by atoms with E-state index < -0.39 is 0 Å². The average molecular weight is 458 g/mol. The Hall–Kier alpha value is -4.20. The van der Waals surface area contributed by atoms with Crippen LogP contribution >= 0.6 is 0 Å². The van der Waals surface area contributed by atoms with Gasteiger partial charge in [0.2, 0.25) is 5.88 Å². The molecule has 8 heteroatoms. The summed E-state index contributed by atoms with van der Waals surface area (Å²) < 4.78 is 13.4. The number of ether oxygens (including phenoxy) is 2. The maximum Gasteiger partial charge on any atom is 0.255 e. The molecule has 34 heavy (non-hydrogen) atoms. The van der Waals surface area contributed by atoms with E-state index in [2.05, 4.69) is 27.2 Å². The third kappa shape index (κ3) is 5.78. The van der Waals surface area contributed by atoms with Gasteiger partial charge in [-0.05, 0) is 68.8 Å². The number of imidazole rings is 1. The van der Waals surface area contributed by atoms with Crippen LogP contribution < -0.4 is 14.8 Å². The number of carbonyl (C=O) groups is 1. The zero-order valence-corrected chi connectivity index (χ0v) is 19.5. The van der Waals surface area contributed by atoms with E-state index in [4.69, 9.17) is 9.47 Å². The van der Waals surface area contributed by atoms with Crippen molar-refractivity contribution in [1.82, 2.24) is 19.5 Å². The predicted octanol–water partition coefficient (Wildman–Crippen LogP) is 5.50. The Morgan fingerprint density at radius 2 is 1.74 bits per heavy atom. The molecule has 174 valence electrons. The van der Waals surface area contributed by atoms with Crippen molar-refractivity contribution in [3.05, 3.63) is 84.2 Å². The number of benzene rings is 2. The van der Waals surface area contributed by atoms with E-state index >= 15 is 0 Å². The number of amides is 1. The molecule has 0 aliphatic heterocycles. The highest BCUT2D eigenvalue weighted by Crippen LogP contribution is 2.24. The Balaban J connectivity index is 1.38. The Bertz CT molecular complexity index is 1250. The maximum absolute atomic E-state index is 12.6. The highest BCUT2D eigenvalue weighted by atomic mass is 16.5. The number of hydrogen-bond acceptors (Lipinski definition) is 6. The van der Waals surface area contributed by atoms with Crippen molar-refractivity contribution < 1.29 is 14.3 Å². The van der Waals surface area contributed by atoms with Gasteiger partial charge in [0, 0.05) is 29.7 Å². The first kappa shape index (κ1) is 23.0. The summed E-state index contributed by atoms with van der Waals surface area (Å²) in [6.45, 7) is 6.51. The Morgan fingerprint density at radius 1 is 1.00 bits per heavy atom. The summed E-state index contributed by atoms with van der Waals surface area (Å²) >= 11 is 0. The molecule has 1 N–H and O–H groups in total. The molecule has 0 saturated heterocycles. The third-order valence-corrected chi connectivity index (χ3v) is 5.09. The van der Waals surface area contributed by atoms with Crippen molar-refractivity contribution in [1.29, 1.82) is 0 Å². The molecular formula is C26H27N5O3. The van der Waals surface area contributed by atoms with Gasteiger partial charge in [-0.15, -0.1) is 0 Å². The van der Waals surface area contributed by atoms with Gasteiger partial charge in [0.05, 0.1) is 6.61 Å². The summed E-state index contributed by atoms with van der Waals surface area (Å²) in [7, 11) is 0. The van der Waals surface area contributed by atoms with Gasteiger partial charge in [0.25, 0.3) is 5.91 Å². The molecule has 1 amide bonds. The molecule has 0 aliphatic carbocycles. The number of aryl methyl sites for hydroxylation is 2. The smallest absolute Gasteiger partial charge is 0.255 e. The van der Waals surface area contributed by atoms with Crippen LogP contribution in [0.4, 0.5) is 5.69 Å². The standard InChI is InChI=1S/C26H27N5O3/c1-4-5-16-33-22-10-6-20(7-11-22)26(32)30-21-8-12-23(13-9-21)34-25-17-24(28-18(2)29-25)31-15-14-27-19(31)3/h6-15,17H,4-5,16H2,1-3H3,(H,30,32). The van der Waals surface area contributed by atoms with E-state index in [-0.39, 0.29) is 5.91 Å². The normalized spacial score (nSPS) is 10.7. The molecule has 4 rings (SSSR count). The van der Waals surface area contributed by atoms with Crippen molar-refractivity contribution >= 4 is 11.6 Å². The molecular weight excluding hydrogens is 430 g/mol. The van der Waals surface area contributed by atoms with Crippen LogP contribution in [0.1, 0.15) is 41.8 Å². The quantitative estimate of drug-likeness (QED) is 0.334. The number of nitrogens with one attached hydrogen (secondary N) is 1. The van der Waals surface area contributed by atoms with Gasteiger partial charge >= 0.3 is 0 Å². The van der Waals surface area contributed by atoms with Crippen molar-refractivity contribution in [3.8, 4) is 23.2 Å². The van der Waals surface area contributed by atoms with Crippen molar-refractivity contribution in [2.24, 2.45) is 0 Å². The predicted molar refractivity (Wildman–Crippen MR) is 130 cm³/mol. The fourth-order valence-corrected chi connectivity index (χ4v) is 3.29. The highest BCUT2D eigenvalue weighted by Gasteiger charge is 2.10.